The van der Waals surface area contributed by atoms with Crippen molar-refractivity contribution in [3.63, 3.8) is 0 Å². The summed E-state index contributed by atoms with van der Waals surface area (Å²) in [6, 6.07) is 4.98. The van der Waals surface area contributed by atoms with Crippen LogP contribution in [0.1, 0.15) is 33.6 Å². The largest absolute Gasteiger partial charge is 0.573 e. The van der Waals surface area contributed by atoms with E-state index in [0.29, 0.717) is 12.8 Å². The average Bonchev–Trinajstić information content (AvgIpc) is 2.63. The molecule has 7 nitrogen and oxygen atoms in total. The summed E-state index contributed by atoms with van der Waals surface area (Å²) < 4.78 is 74.9. The second kappa shape index (κ2) is 11.1. The molecular weight excluding hydrogens is 415 g/mol. The highest BCUT2D eigenvalue weighted by Gasteiger charge is 2.31. The Balaban J connectivity index is 2.48. The van der Waals surface area contributed by atoms with Crippen LogP contribution in [0, 0.1) is 0 Å². The first kappa shape index (κ1) is 24.9. The van der Waals surface area contributed by atoms with E-state index in [-0.39, 0.29) is 24.7 Å². The first-order valence-electron chi connectivity index (χ1n) is 9.11. The smallest absolute Gasteiger partial charge is 0.490 e. The summed E-state index contributed by atoms with van der Waals surface area (Å²) in [6.45, 7) is 4.93. The van der Waals surface area contributed by atoms with Crippen LogP contribution in [-0.4, -0.2) is 51.1 Å². The lowest BCUT2D eigenvalue weighted by Crippen LogP contribution is -2.35. The molecule has 0 aliphatic carbocycles. The highest BCUT2D eigenvalue weighted by atomic mass is 32.2. The fourth-order valence-corrected chi connectivity index (χ4v) is 3.43. The van der Waals surface area contributed by atoms with E-state index in [0.717, 1.165) is 12.1 Å². The quantitative estimate of drug-likeness (QED) is 0.563. The maximum absolute atomic E-state index is 12.3. The average molecular weight is 441 g/mol. The number of rotatable bonds is 11. The molecule has 0 saturated carbocycles. The molecular formula is C18H26F3NO6S. The zero-order valence-electron chi connectivity index (χ0n) is 16.5. The molecule has 2 unspecified atom stereocenters. The second-order valence-electron chi connectivity index (χ2n) is 6.28. The lowest BCUT2D eigenvalue weighted by molar-refractivity contribution is -0.274. The Morgan fingerprint density at radius 3 is 2.41 bits per heavy atom. The molecule has 29 heavy (non-hydrogen) atoms. The number of hydrogen-bond acceptors (Lipinski definition) is 6. The Morgan fingerprint density at radius 2 is 1.83 bits per heavy atom. The van der Waals surface area contributed by atoms with E-state index in [4.69, 9.17) is 9.47 Å². The zero-order valence-corrected chi connectivity index (χ0v) is 17.3. The zero-order chi connectivity index (χ0) is 22.1. The van der Waals surface area contributed by atoms with Gasteiger partial charge in [-0.1, -0.05) is 19.9 Å². The number of halogens is 3. The monoisotopic (exact) mass is 441 g/mol. The van der Waals surface area contributed by atoms with Gasteiger partial charge in [0.25, 0.3) is 0 Å². The molecule has 0 spiro atoms. The normalized spacial score (nSPS) is 14.0. The number of amides is 1. The maximum Gasteiger partial charge on any atom is 0.573 e. The third-order valence-corrected chi connectivity index (χ3v) is 6.38. The number of ether oxygens (including phenoxy) is 3. The highest BCUT2D eigenvalue weighted by Crippen LogP contribution is 2.26. The summed E-state index contributed by atoms with van der Waals surface area (Å²) >= 11 is 0. The summed E-state index contributed by atoms with van der Waals surface area (Å²) in [5, 5.41) is 1.88. The molecule has 1 amide bonds. The van der Waals surface area contributed by atoms with Gasteiger partial charge in [0.2, 0.25) is 0 Å². The molecule has 2 atom stereocenters. The van der Waals surface area contributed by atoms with Gasteiger partial charge in [-0.15, -0.1) is 13.2 Å². The lowest BCUT2D eigenvalue weighted by Gasteiger charge is -2.18. The molecule has 0 saturated heterocycles. The van der Waals surface area contributed by atoms with Gasteiger partial charge in [0, 0.05) is 12.6 Å². The molecule has 0 fully saturated rings. The topological polar surface area (TPSA) is 90.9 Å². The van der Waals surface area contributed by atoms with Crippen LogP contribution in [0.2, 0.25) is 0 Å². The second-order valence-corrected chi connectivity index (χ2v) is 8.82. The summed E-state index contributed by atoms with van der Waals surface area (Å²) in [6.07, 6.45) is -5.41. The molecule has 1 aromatic carbocycles. The van der Waals surface area contributed by atoms with Crippen molar-refractivity contribution in [3.8, 4) is 11.5 Å². The predicted octanol–water partition coefficient (Wildman–Crippen LogP) is 3.68. The Hall–Kier alpha value is -2.17. The van der Waals surface area contributed by atoms with Gasteiger partial charge in [0.15, 0.2) is 9.84 Å². The fraction of sp³-hybridized carbons (Fsp3) is 0.611. The predicted molar refractivity (Wildman–Crippen MR) is 101 cm³/mol. The van der Waals surface area contributed by atoms with Crippen LogP contribution in [0.3, 0.4) is 0 Å². The van der Waals surface area contributed by atoms with Crippen LogP contribution in [-0.2, 0) is 14.6 Å². The Morgan fingerprint density at radius 1 is 1.17 bits per heavy atom. The van der Waals surface area contributed by atoms with Crippen LogP contribution in [0.4, 0.5) is 18.0 Å². The van der Waals surface area contributed by atoms with E-state index in [1.807, 2.05) is 0 Å². The van der Waals surface area contributed by atoms with E-state index in [1.54, 1.807) is 20.8 Å². The molecule has 1 N–H and O–H groups in total. The number of hydrogen-bond donors (Lipinski definition) is 1. The number of benzene rings is 1. The van der Waals surface area contributed by atoms with Crippen LogP contribution in [0.5, 0.6) is 11.5 Å². The van der Waals surface area contributed by atoms with E-state index in [9.17, 15) is 26.4 Å². The van der Waals surface area contributed by atoms with Gasteiger partial charge < -0.3 is 19.5 Å². The minimum Gasteiger partial charge on any atom is -0.490 e. The molecule has 1 rings (SSSR count). The lowest BCUT2D eigenvalue weighted by atomic mass is 10.3. The van der Waals surface area contributed by atoms with Gasteiger partial charge in [-0.25, -0.2) is 13.2 Å². The van der Waals surface area contributed by atoms with E-state index in [2.05, 4.69) is 10.1 Å². The van der Waals surface area contributed by atoms with Crippen molar-refractivity contribution in [2.45, 2.75) is 51.3 Å². The highest BCUT2D eigenvalue weighted by molar-refractivity contribution is 7.92. The van der Waals surface area contributed by atoms with E-state index in [1.165, 1.54) is 12.1 Å². The van der Waals surface area contributed by atoms with Gasteiger partial charge in [-0.2, -0.15) is 0 Å². The number of nitrogens with one attached hydrogen (secondary N) is 1. The Labute approximate surface area is 168 Å². The van der Waals surface area contributed by atoms with Crippen molar-refractivity contribution in [3.05, 3.63) is 24.3 Å². The third-order valence-electron chi connectivity index (χ3n) is 4.05. The van der Waals surface area contributed by atoms with Crippen LogP contribution in [0.25, 0.3) is 0 Å². The molecule has 166 valence electrons. The van der Waals surface area contributed by atoms with Crippen molar-refractivity contribution >= 4 is 15.9 Å². The van der Waals surface area contributed by atoms with Crippen molar-refractivity contribution in [2.75, 3.05) is 18.9 Å². The molecule has 0 radical (unpaired) electrons. The van der Waals surface area contributed by atoms with Crippen LogP contribution in [0.15, 0.2) is 24.3 Å². The summed E-state index contributed by atoms with van der Waals surface area (Å²) in [7, 11) is -3.29. The number of sulfone groups is 1. The standard InChI is InChI=1S/C18H26F3NO6S/c1-4-13(3)29(24,25)10-9-22-17(23)27-14(5-2)12-26-15-7-6-8-16(11-15)28-18(19,20)21/h6-8,11,13-14H,4-5,9-10,12H2,1-3H3,(H,22,23). The van der Waals surface area contributed by atoms with Crippen molar-refractivity contribution in [1.29, 1.82) is 0 Å². The first-order chi connectivity index (χ1) is 13.5. The van der Waals surface area contributed by atoms with Crippen molar-refractivity contribution in [2.24, 2.45) is 0 Å². The summed E-state index contributed by atoms with van der Waals surface area (Å²) in [4.78, 5) is 11.8. The molecule has 0 bridgehead atoms. The third kappa shape index (κ3) is 9.73. The minimum atomic E-state index is -4.81. The van der Waals surface area contributed by atoms with Gasteiger partial charge >= 0.3 is 12.5 Å². The van der Waals surface area contributed by atoms with Crippen LogP contribution >= 0.6 is 0 Å². The van der Waals surface area contributed by atoms with Crippen molar-refractivity contribution in [1.82, 2.24) is 5.32 Å². The van der Waals surface area contributed by atoms with Gasteiger partial charge in [-0.3, -0.25) is 0 Å². The maximum atomic E-state index is 12.3. The molecule has 0 heterocycles. The van der Waals surface area contributed by atoms with Crippen molar-refractivity contribution < 1.29 is 40.6 Å². The number of carbonyl (C=O) groups excluding carboxylic acids is 1. The molecule has 11 heteroatoms. The Kier molecular flexibility index (Phi) is 9.54. The first-order valence-corrected chi connectivity index (χ1v) is 10.8. The number of carbonyl (C=O) groups is 1. The summed E-state index contributed by atoms with van der Waals surface area (Å²) in [5.41, 5.74) is 0. The Bertz CT molecular complexity index is 754. The number of alkyl carbamates (subject to hydrolysis) is 1. The summed E-state index contributed by atoms with van der Waals surface area (Å²) in [5.74, 6) is -0.505. The van der Waals surface area contributed by atoms with E-state index >= 15 is 0 Å². The molecule has 0 aliphatic rings. The number of alkyl halides is 3. The molecule has 0 aromatic heterocycles. The van der Waals surface area contributed by atoms with E-state index < -0.39 is 39.4 Å². The van der Waals surface area contributed by atoms with Gasteiger partial charge in [0.1, 0.15) is 24.2 Å². The molecule has 0 aliphatic heterocycles. The molecule has 1 aromatic rings. The minimum absolute atomic E-state index is 0.0837. The van der Waals surface area contributed by atoms with Gasteiger partial charge in [0.05, 0.1) is 11.0 Å². The van der Waals surface area contributed by atoms with Crippen LogP contribution < -0.4 is 14.8 Å². The SMILES string of the molecule is CCC(COc1cccc(OC(F)(F)F)c1)OC(=O)NCCS(=O)(=O)C(C)CC. The fourth-order valence-electron chi connectivity index (χ4n) is 2.13. The van der Waals surface area contributed by atoms with Gasteiger partial charge in [-0.05, 0) is 31.9 Å².